The summed E-state index contributed by atoms with van der Waals surface area (Å²) >= 11 is 0. The fraction of sp³-hybridized carbons (Fsp3) is 0.294. The Morgan fingerprint density at radius 3 is 2.69 bits per heavy atom. The molecule has 1 N–H and O–H groups in total. The zero-order valence-electron chi connectivity index (χ0n) is 13.9. The Labute approximate surface area is 147 Å². The molecule has 1 heterocycles. The van der Waals surface area contributed by atoms with E-state index in [9.17, 15) is 18.0 Å². The summed E-state index contributed by atoms with van der Waals surface area (Å²) in [7, 11) is 1.50. The van der Waals surface area contributed by atoms with E-state index in [0.29, 0.717) is 6.61 Å². The molecule has 0 atom stereocenters. The van der Waals surface area contributed by atoms with Gasteiger partial charge in [-0.2, -0.15) is 0 Å². The summed E-state index contributed by atoms with van der Waals surface area (Å²) in [5.74, 6) is -1.18. The summed E-state index contributed by atoms with van der Waals surface area (Å²) in [6.45, 7) is -0.289. The van der Waals surface area contributed by atoms with Gasteiger partial charge < -0.3 is 19.5 Å². The fourth-order valence-corrected chi connectivity index (χ4v) is 1.91. The molecule has 6 nitrogen and oxygen atoms in total. The third kappa shape index (κ3) is 5.92. The Hall–Kier alpha value is -2.81. The Morgan fingerprint density at radius 2 is 2.00 bits per heavy atom. The molecule has 1 aromatic carbocycles. The van der Waals surface area contributed by atoms with E-state index in [4.69, 9.17) is 14.2 Å². The lowest BCUT2D eigenvalue weighted by atomic mass is 10.2. The molecule has 2 aromatic rings. The summed E-state index contributed by atoms with van der Waals surface area (Å²) in [4.78, 5) is 16.0. The number of hydrogen-bond acceptors (Lipinski definition) is 5. The molecule has 0 aliphatic carbocycles. The van der Waals surface area contributed by atoms with Crippen molar-refractivity contribution in [1.29, 1.82) is 0 Å². The van der Waals surface area contributed by atoms with E-state index in [1.807, 2.05) is 0 Å². The number of aromatic nitrogens is 1. The van der Waals surface area contributed by atoms with Crippen molar-refractivity contribution in [2.24, 2.45) is 0 Å². The average molecular weight is 370 g/mol. The number of hydrogen-bond donors (Lipinski definition) is 1. The van der Waals surface area contributed by atoms with Crippen LogP contribution in [0, 0.1) is 5.82 Å². The number of amides is 1. The van der Waals surface area contributed by atoms with E-state index in [2.05, 4.69) is 10.3 Å². The molecule has 0 bridgehead atoms. The van der Waals surface area contributed by atoms with Gasteiger partial charge in [0.05, 0.1) is 6.61 Å². The number of benzene rings is 1. The topological polar surface area (TPSA) is 69.7 Å². The average Bonchev–Trinajstić information content (AvgIpc) is 2.62. The van der Waals surface area contributed by atoms with Crippen molar-refractivity contribution >= 4 is 11.6 Å². The number of ether oxygens (including phenoxy) is 3. The van der Waals surface area contributed by atoms with Crippen molar-refractivity contribution in [3.05, 3.63) is 48.0 Å². The molecule has 9 heteroatoms. The number of pyridine rings is 1. The summed E-state index contributed by atoms with van der Waals surface area (Å²) in [5.41, 5.74) is 0.130. The molecule has 26 heavy (non-hydrogen) atoms. The van der Waals surface area contributed by atoms with Gasteiger partial charge in [0.15, 0.2) is 11.6 Å². The minimum atomic E-state index is -2.63. The standard InChI is InChI=1S/C17H17F3N2O4/c1-24-6-7-25-15-3-2-11(8-13(15)18)22-17(23)14-9-12(4-5-21-14)26-10-16(19)20/h2-5,8-9,16H,6-7,10H2,1H3,(H,22,23). The molecule has 0 saturated carbocycles. The minimum absolute atomic E-state index is 0.0283. The Morgan fingerprint density at radius 1 is 1.19 bits per heavy atom. The molecule has 0 saturated heterocycles. The van der Waals surface area contributed by atoms with Crippen molar-refractivity contribution in [3.8, 4) is 11.5 Å². The Balaban J connectivity index is 2.01. The maximum atomic E-state index is 13.9. The van der Waals surface area contributed by atoms with Gasteiger partial charge in [0.1, 0.15) is 24.7 Å². The van der Waals surface area contributed by atoms with Crippen LogP contribution in [0.1, 0.15) is 10.5 Å². The van der Waals surface area contributed by atoms with Gasteiger partial charge in [-0.3, -0.25) is 9.78 Å². The van der Waals surface area contributed by atoms with Crippen molar-refractivity contribution in [2.75, 3.05) is 32.2 Å². The predicted molar refractivity (Wildman–Crippen MR) is 87.5 cm³/mol. The molecule has 0 aliphatic heterocycles. The number of nitrogens with zero attached hydrogens (tertiary/aromatic N) is 1. The van der Waals surface area contributed by atoms with Crippen LogP contribution in [0.2, 0.25) is 0 Å². The zero-order chi connectivity index (χ0) is 18.9. The number of carbonyl (C=O) groups is 1. The highest BCUT2D eigenvalue weighted by atomic mass is 19.3. The second kappa shape index (κ2) is 9.62. The molecule has 1 aromatic heterocycles. The van der Waals surface area contributed by atoms with Crippen LogP contribution in [0.25, 0.3) is 0 Å². The number of rotatable bonds is 9. The lowest BCUT2D eigenvalue weighted by Crippen LogP contribution is -2.14. The number of anilines is 1. The minimum Gasteiger partial charge on any atom is -0.488 e. The number of nitrogens with one attached hydrogen (secondary N) is 1. The van der Waals surface area contributed by atoms with Crippen molar-refractivity contribution in [1.82, 2.24) is 4.98 Å². The van der Waals surface area contributed by atoms with Gasteiger partial charge >= 0.3 is 0 Å². The van der Waals surface area contributed by atoms with Crippen LogP contribution in [-0.4, -0.2) is 44.2 Å². The van der Waals surface area contributed by atoms with E-state index in [1.54, 1.807) is 0 Å². The maximum Gasteiger partial charge on any atom is 0.274 e. The Kier molecular flexibility index (Phi) is 7.22. The number of halogens is 3. The zero-order valence-corrected chi connectivity index (χ0v) is 13.9. The molecule has 0 aliphatic rings. The number of methoxy groups -OCH3 is 1. The molecule has 0 fully saturated rings. The highest BCUT2D eigenvalue weighted by molar-refractivity contribution is 6.03. The second-order valence-corrected chi connectivity index (χ2v) is 5.02. The van der Waals surface area contributed by atoms with Gasteiger partial charge in [0, 0.05) is 31.1 Å². The molecular weight excluding hydrogens is 353 g/mol. The fourth-order valence-electron chi connectivity index (χ4n) is 1.91. The quantitative estimate of drug-likeness (QED) is 0.687. The SMILES string of the molecule is COCCOc1ccc(NC(=O)c2cc(OCC(F)F)ccn2)cc1F. The van der Waals surface area contributed by atoms with Crippen LogP contribution >= 0.6 is 0 Å². The highest BCUT2D eigenvalue weighted by Crippen LogP contribution is 2.22. The second-order valence-electron chi connectivity index (χ2n) is 5.02. The predicted octanol–water partition coefficient (Wildman–Crippen LogP) is 3.14. The lowest BCUT2D eigenvalue weighted by molar-refractivity contribution is 0.0818. The van der Waals surface area contributed by atoms with Gasteiger partial charge in [0.25, 0.3) is 12.3 Å². The van der Waals surface area contributed by atoms with Crippen LogP contribution in [0.5, 0.6) is 11.5 Å². The normalized spacial score (nSPS) is 10.7. The molecule has 2 rings (SSSR count). The van der Waals surface area contributed by atoms with Crippen LogP contribution in [0.3, 0.4) is 0 Å². The van der Waals surface area contributed by atoms with E-state index in [0.717, 1.165) is 6.07 Å². The van der Waals surface area contributed by atoms with Gasteiger partial charge in [-0.15, -0.1) is 0 Å². The first kappa shape index (κ1) is 19.5. The van der Waals surface area contributed by atoms with Crippen LogP contribution in [-0.2, 0) is 4.74 Å². The van der Waals surface area contributed by atoms with E-state index < -0.39 is 24.8 Å². The monoisotopic (exact) mass is 370 g/mol. The molecule has 0 radical (unpaired) electrons. The highest BCUT2D eigenvalue weighted by Gasteiger charge is 2.12. The molecule has 0 spiro atoms. The first-order chi connectivity index (χ1) is 12.5. The van der Waals surface area contributed by atoms with Crippen LogP contribution < -0.4 is 14.8 Å². The number of carbonyl (C=O) groups excluding carboxylic acids is 1. The van der Waals surface area contributed by atoms with Crippen LogP contribution in [0.4, 0.5) is 18.9 Å². The number of alkyl halides is 2. The van der Waals surface area contributed by atoms with Crippen molar-refractivity contribution in [2.45, 2.75) is 6.43 Å². The summed E-state index contributed by atoms with van der Waals surface area (Å²) in [5, 5.41) is 2.46. The van der Waals surface area contributed by atoms with Crippen LogP contribution in [0.15, 0.2) is 36.5 Å². The third-order valence-electron chi connectivity index (χ3n) is 3.07. The largest absolute Gasteiger partial charge is 0.488 e. The molecular formula is C17H17F3N2O4. The van der Waals surface area contributed by atoms with Crippen molar-refractivity contribution < 1.29 is 32.2 Å². The smallest absolute Gasteiger partial charge is 0.274 e. The lowest BCUT2D eigenvalue weighted by Gasteiger charge is -2.10. The maximum absolute atomic E-state index is 13.9. The van der Waals surface area contributed by atoms with E-state index >= 15 is 0 Å². The summed E-state index contributed by atoms with van der Waals surface area (Å²) < 4.78 is 53.1. The Bertz CT molecular complexity index is 744. The van der Waals surface area contributed by atoms with Crippen molar-refractivity contribution in [3.63, 3.8) is 0 Å². The summed E-state index contributed by atoms with van der Waals surface area (Å²) in [6.07, 6.45) is -1.38. The molecule has 0 unspecified atom stereocenters. The van der Waals surface area contributed by atoms with E-state index in [1.165, 1.54) is 37.6 Å². The first-order valence-electron chi connectivity index (χ1n) is 7.59. The third-order valence-corrected chi connectivity index (χ3v) is 3.07. The van der Waals surface area contributed by atoms with E-state index in [-0.39, 0.29) is 29.5 Å². The van der Waals surface area contributed by atoms with Gasteiger partial charge in [0.2, 0.25) is 0 Å². The van der Waals surface area contributed by atoms with Gasteiger partial charge in [-0.1, -0.05) is 0 Å². The first-order valence-corrected chi connectivity index (χ1v) is 7.59. The summed E-state index contributed by atoms with van der Waals surface area (Å²) in [6, 6.07) is 6.49. The molecule has 1 amide bonds. The molecule has 140 valence electrons. The van der Waals surface area contributed by atoms with Gasteiger partial charge in [-0.05, 0) is 18.2 Å². The van der Waals surface area contributed by atoms with Gasteiger partial charge in [-0.25, -0.2) is 13.2 Å².